The van der Waals surface area contributed by atoms with Crippen molar-refractivity contribution >= 4 is 52.6 Å². The highest BCUT2D eigenvalue weighted by Gasteiger charge is 2.51. The van der Waals surface area contributed by atoms with E-state index in [4.69, 9.17) is 16.4 Å². The SMILES string of the molecule is [C-]#[N+][C@H]1CN(C(=O)[C@@H]2CC[C@@H]3CCN(C(C)=O)C[C@H](NC(=O)c4cc5cc(C(F)(F)P(=O)(O)O)ccc5s4)C(=O)N32)CC1c1cc(F)cc(F)c1. The van der Waals surface area contributed by atoms with Crippen LogP contribution in [0.1, 0.15) is 52.9 Å². The van der Waals surface area contributed by atoms with Crippen molar-refractivity contribution < 1.29 is 51.1 Å². The minimum atomic E-state index is -5.84. The van der Waals surface area contributed by atoms with Gasteiger partial charge in [-0.15, -0.1) is 11.3 Å². The van der Waals surface area contributed by atoms with E-state index in [9.17, 15) is 41.3 Å². The van der Waals surface area contributed by atoms with E-state index in [2.05, 4.69) is 10.2 Å². The van der Waals surface area contributed by atoms with Gasteiger partial charge in [-0.2, -0.15) is 8.78 Å². The maximum absolute atomic E-state index is 14.4. The highest BCUT2D eigenvalue weighted by molar-refractivity contribution is 7.52. The Balaban J connectivity index is 1.24. The molecule has 4 amide bonds. The van der Waals surface area contributed by atoms with Crippen LogP contribution in [0.2, 0.25) is 0 Å². The Labute approximate surface area is 293 Å². The summed E-state index contributed by atoms with van der Waals surface area (Å²) in [5.74, 6) is -4.46. The van der Waals surface area contributed by atoms with Gasteiger partial charge in [-0.05, 0) is 60.5 Å². The standard InChI is InChI=1S/C33H32F4N5O7PS/c1-17(43)40-8-7-23-4-5-27(32(46)41-14-24(25(15-41)38-2)18-10-21(34)13-22(35)11-18)42(23)31(45)26(16-40)39-30(44)29-12-19-9-20(3-6-28(19)51-29)33(36,37)50(47,48)49/h3,6,9-13,23-27H,4-5,7-8,14-16H2,1H3,(H,39,44)(H2,47,48,49)/t23-,24?,25+,26+,27+/m1/s1. The third-order valence-corrected chi connectivity index (χ3v) is 11.9. The van der Waals surface area contributed by atoms with E-state index in [1.807, 2.05) is 0 Å². The van der Waals surface area contributed by atoms with Crippen LogP contribution in [-0.2, 0) is 24.6 Å². The maximum atomic E-state index is 14.4. The molecule has 1 unspecified atom stereocenters. The molecule has 0 bridgehead atoms. The van der Waals surface area contributed by atoms with Gasteiger partial charge in [0.05, 0.1) is 17.3 Å². The van der Waals surface area contributed by atoms with Gasteiger partial charge in [-0.1, -0.05) is 6.07 Å². The van der Waals surface area contributed by atoms with E-state index in [0.29, 0.717) is 17.5 Å². The average Bonchev–Trinajstić information content (AvgIpc) is 3.80. The number of rotatable bonds is 6. The highest BCUT2D eigenvalue weighted by Crippen LogP contribution is 2.59. The smallest absolute Gasteiger partial charge is 0.340 e. The van der Waals surface area contributed by atoms with Crippen LogP contribution in [-0.4, -0.2) is 98.5 Å². The first-order chi connectivity index (χ1) is 24.0. The Morgan fingerprint density at radius 1 is 1.00 bits per heavy atom. The van der Waals surface area contributed by atoms with Gasteiger partial charge < -0.3 is 34.6 Å². The highest BCUT2D eigenvalue weighted by atomic mass is 32.1. The number of carbonyl (C=O) groups is 4. The third kappa shape index (κ3) is 6.97. The molecule has 270 valence electrons. The molecule has 3 N–H and O–H groups in total. The van der Waals surface area contributed by atoms with E-state index in [-0.39, 0.29) is 54.3 Å². The molecule has 3 saturated heterocycles. The van der Waals surface area contributed by atoms with Gasteiger partial charge in [0.1, 0.15) is 23.7 Å². The monoisotopic (exact) mass is 749 g/mol. The Morgan fingerprint density at radius 2 is 1.71 bits per heavy atom. The lowest BCUT2D eigenvalue weighted by atomic mass is 9.94. The van der Waals surface area contributed by atoms with E-state index in [1.54, 1.807) is 0 Å². The second kappa shape index (κ2) is 13.6. The fourth-order valence-electron chi connectivity index (χ4n) is 7.18. The van der Waals surface area contributed by atoms with Crippen LogP contribution in [0, 0.1) is 18.2 Å². The van der Waals surface area contributed by atoms with Crippen molar-refractivity contribution in [1.82, 2.24) is 20.0 Å². The van der Waals surface area contributed by atoms with Gasteiger partial charge in [0.15, 0.2) is 0 Å². The normalized spacial score (nSPS) is 24.2. The molecule has 3 aromatic rings. The molecule has 2 aromatic carbocycles. The van der Waals surface area contributed by atoms with E-state index >= 15 is 0 Å². The summed E-state index contributed by atoms with van der Waals surface area (Å²) in [6.07, 6.45) is 1.06. The number of carbonyl (C=O) groups excluding carboxylic acids is 4. The van der Waals surface area contributed by atoms with Gasteiger partial charge in [0.25, 0.3) is 5.91 Å². The molecule has 0 spiro atoms. The molecule has 3 aliphatic rings. The molecule has 12 nitrogen and oxygen atoms in total. The minimum absolute atomic E-state index is 0.00133. The molecule has 0 radical (unpaired) electrons. The molecule has 5 atom stereocenters. The summed E-state index contributed by atoms with van der Waals surface area (Å²) in [6.45, 7) is 9.00. The van der Waals surface area contributed by atoms with Crippen LogP contribution in [0.5, 0.6) is 0 Å². The number of nitrogens with one attached hydrogen (secondary N) is 1. The lowest BCUT2D eigenvalue weighted by Gasteiger charge is -2.39. The maximum Gasteiger partial charge on any atom is 0.399 e. The van der Waals surface area contributed by atoms with Gasteiger partial charge in [-0.25, -0.2) is 15.4 Å². The van der Waals surface area contributed by atoms with Crippen molar-refractivity contribution in [2.24, 2.45) is 0 Å². The molecule has 51 heavy (non-hydrogen) atoms. The minimum Gasteiger partial charge on any atom is -0.340 e. The predicted molar refractivity (Wildman–Crippen MR) is 176 cm³/mol. The lowest BCUT2D eigenvalue weighted by Crippen LogP contribution is -2.61. The number of hydrogen-bond acceptors (Lipinski definition) is 6. The molecular formula is C33H32F4N5O7PS. The fraction of sp³-hybridized carbons (Fsp3) is 0.424. The Bertz CT molecular complexity index is 2000. The average molecular weight is 750 g/mol. The quantitative estimate of drug-likeness (QED) is 0.196. The number of alkyl halides is 2. The van der Waals surface area contributed by atoms with E-state index in [0.717, 1.165) is 41.7 Å². The molecule has 4 heterocycles. The summed E-state index contributed by atoms with van der Waals surface area (Å²) in [5, 5.41) is 2.75. The summed E-state index contributed by atoms with van der Waals surface area (Å²) in [4.78, 5) is 80.5. The van der Waals surface area contributed by atoms with Crippen molar-refractivity contribution in [2.75, 3.05) is 26.2 Å². The lowest BCUT2D eigenvalue weighted by molar-refractivity contribution is -0.148. The van der Waals surface area contributed by atoms with Gasteiger partial charge in [0.2, 0.25) is 23.8 Å². The zero-order valence-corrected chi connectivity index (χ0v) is 28.7. The number of benzene rings is 2. The number of thiophene rings is 1. The number of fused-ring (bicyclic) bond motifs is 2. The molecule has 18 heteroatoms. The zero-order chi connectivity index (χ0) is 37.0. The number of halogens is 4. The number of nitrogens with zero attached hydrogens (tertiary/aromatic N) is 4. The van der Waals surface area contributed by atoms with Gasteiger partial charge >= 0.3 is 13.3 Å². The Hall–Kier alpha value is -4.36. The van der Waals surface area contributed by atoms with E-state index in [1.165, 1.54) is 33.8 Å². The van der Waals surface area contributed by atoms with Crippen LogP contribution >= 0.6 is 18.9 Å². The van der Waals surface area contributed by atoms with Gasteiger partial charge in [-0.3, -0.25) is 23.7 Å². The van der Waals surface area contributed by atoms with Gasteiger partial charge in [0, 0.05) is 48.9 Å². The second-order valence-corrected chi connectivity index (χ2v) is 15.7. The first-order valence-corrected chi connectivity index (χ1v) is 18.4. The first kappa shape index (κ1) is 36.4. The Kier molecular flexibility index (Phi) is 9.75. The molecule has 0 aliphatic carbocycles. The van der Waals surface area contributed by atoms with Crippen LogP contribution in [0.3, 0.4) is 0 Å². The van der Waals surface area contributed by atoms with Crippen LogP contribution in [0.25, 0.3) is 14.9 Å². The topological polar surface area (TPSA) is 152 Å². The number of amides is 4. The zero-order valence-electron chi connectivity index (χ0n) is 27.0. The van der Waals surface area contributed by atoms with Crippen molar-refractivity contribution in [3.05, 3.63) is 81.5 Å². The van der Waals surface area contributed by atoms with E-state index < -0.39 is 78.3 Å². The van der Waals surface area contributed by atoms with Crippen LogP contribution < -0.4 is 5.32 Å². The summed E-state index contributed by atoms with van der Waals surface area (Å²) in [5.41, 5.74) is -5.15. The number of likely N-dealkylation sites (tertiary alicyclic amines) is 1. The third-order valence-electron chi connectivity index (χ3n) is 9.76. The van der Waals surface area contributed by atoms with Crippen molar-refractivity contribution in [1.29, 1.82) is 0 Å². The number of hydrogen-bond donors (Lipinski definition) is 3. The molecule has 3 aliphatic heterocycles. The van der Waals surface area contributed by atoms with Crippen molar-refractivity contribution in [3.8, 4) is 0 Å². The fourth-order valence-corrected chi connectivity index (χ4v) is 8.60. The van der Waals surface area contributed by atoms with Crippen LogP contribution in [0.15, 0.2) is 42.5 Å². The predicted octanol–water partition coefficient (Wildman–Crippen LogP) is 4.03. The molecule has 6 rings (SSSR count). The van der Waals surface area contributed by atoms with Crippen molar-refractivity contribution in [3.63, 3.8) is 0 Å². The summed E-state index contributed by atoms with van der Waals surface area (Å²) in [6, 6.07) is 3.66. The summed E-state index contributed by atoms with van der Waals surface area (Å²) in [7, 11) is -5.84. The van der Waals surface area contributed by atoms with Crippen LogP contribution in [0.4, 0.5) is 17.6 Å². The molecule has 1 aromatic heterocycles. The second-order valence-electron chi connectivity index (χ2n) is 13.0. The summed E-state index contributed by atoms with van der Waals surface area (Å²) < 4.78 is 68.5. The molecular weight excluding hydrogens is 717 g/mol. The molecule has 3 fully saturated rings. The largest absolute Gasteiger partial charge is 0.399 e. The Morgan fingerprint density at radius 3 is 2.35 bits per heavy atom. The van der Waals surface area contributed by atoms with Crippen molar-refractivity contribution in [2.45, 2.75) is 61.9 Å². The first-order valence-electron chi connectivity index (χ1n) is 16.0. The molecule has 0 saturated carbocycles. The summed E-state index contributed by atoms with van der Waals surface area (Å²) >= 11 is 0.894.